The van der Waals surface area contributed by atoms with Crippen molar-refractivity contribution in [2.45, 2.75) is 26.3 Å². The highest BCUT2D eigenvalue weighted by Gasteiger charge is 2.14. The van der Waals surface area contributed by atoms with Crippen LogP contribution in [-0.4, -0.2) is 13.6 Å². The van der Waals surface area contributed by atoms with E-state index >= 15 is 0 Å². The van der Waals surface area contributed by atoms with Crippen LogP contribution in [0.25, 0.3) is 23.1 Å². The summed E-state index contributed by atoms with van der Waals surface area (Å²) in [4.78, 5) is 2.36. The molecule has 0 amide bonds. The lowest BCUT2D eigenvalue weighted by Gasteiger charge is -2.27. The summed E-state index contributed by atoms with van der Waals surface area (Å²) in [5.41, 5.74) is 6.68. The highest BCUT2D eigenvalue weighted by atomic mass is 15.1. The Morgan fingerprint density at radius 3 is 2.80 bits per heavy atom. The van der Waals surface area contributed by atoms with E-state index in [1.165, 1.54) is 46.3 Å². The van der Waals surface area contributed by atoms with E-state index in [9.17, 15) is 0 Å². The molecule has 0 spiro atoms. The minimum absolute atomic E-state index is 0.968. The van der Waals surface area contributed by atoms with Crippen LogP contribution in [0.15, 0.2) is 54.6 Å². The fourth-order valence-corrected chi connectivity index (χ4v) is 3.87. The third-order valence-corrected chi connectivity index (χ3v) is 5.19. The Morgan fingerprint density at radius 1 is 1.04 bits per heavy atom. The summed E-state index contributed by atoms with van der Waals surface area (Å²) in [5.74, 6) is 0. The summed E-state index contributed by atoms with van der Waals surface area (Å²) in [6.07, 6.45) is 6.92. The molecular weight excluding hydrogens is 304 g/mol. The summed E-state index contributed by atoms with van der Waals surface area (Å²) in [6, 6.07) is 19.9. The van der Waals surface area contributed by atoms with Crippen LogP contribution in [0.5, 0.6) is 0 Å². The van der Waals surface area contributed by atoms with Gasteiger partial charge < -0.3 is 4.90 Å². The van der Waals surface area contributed by atoms with Crippen LogP contribution in [0.1, 0.15) is 30.2 Å². The van der Waals surface area contributed by atoms with Crippen LogP contribution in [0.4, 0.5) is 5.69 Å². The number of hydrogen-bond donors (Lipinski definition) is 0. The summed E-state index contributed by atoms with van der Waals surface area (Å²) in [5, 5.41) is 1.29. The summed E-state index contributed by atoms with van der Waals surface area (Å²) in [7, 11) is 2.19. The molecule has 1 aromatic heterocycles. The minimum Gasteiger partial charge on any atom is -0.374 e. The molecule has 0 aliphatic carbocycles. The van der Waals surface area contributed by atoms with Crippen molar-refractivity contribution >= 4 is 28.7 Å². The van der Waals surface area contributed by atoms with Crippen molar-refractivity contribution in [3.63, 3.8) is 0 Å². The highest BCUT2D eigenvalue weighted by molar-refractivity contribution is 5.77. The van der Waals surface area contributed by atoms with E-state index in [0.29, 0.717) is 0 Å². The molecule has 0 radical (unpaired) electrons. The van der Waals surface area contributed by atoms with Gasteiger partial charge in [0.2, 0.25) is 11.2 Å². The lowest BCUT2D eigenvalue weighted by molar-refractivity contribution is -0.669. The Hall–Kier alpha value is -2.61. The van der Waals surface area contributed by atoms with E-state index in [2.05, 4.69) is 90.2 Å². The molecule has 0 N–H and O–H groups in total. The molecule has 0 saturated heterocycles. The van der Waals surface area contributed by atoms with E-state index < -0.39 is 0 Å². The summed E-state index contributed by atoms with van der Waals surface area (Å²) in [6.45, 7) is 4.34. The van der Waals surface area contributed by atoms with Crippen molar-refractivity contribution in [1.82, 2.24) is 0 Å². The number of aromatic nitrogens is 1. The number of pyridine rings is 1. The van der Waals surface area contributed by atoms with Crippen LogP contribution in [0.2, 0.25) is 0 Å². The first kappa shape index (κ1) is 15.9. The Kier molecular flexibility index (Phi) is 4.27. The van der Waals surface area contributed by atoms with Crippen LogP contribution in [-0.2, 0) is 13.0 Å². The van der Waals surface area contributed by atoms with Gasteiger partial charge in [-0.15, -0.1) is 0 Å². The number of benzene rings is 2. The van der Waals surface area contributed by atoms with Gasteiger partial charge >= 0.3 is 0 Å². The van der Waals surface area contributed by atoms with Crippen molar-refractivity contribution in [2.75, 3.05) is 18.5 Å². The average molecular weight is 329 g/mol. The van der Waals surface area contributed by atoms with E-state index in [-0.39, 0.29) is 0 Å². The molecule has 0 atom stereocenters. The normalized spacial score (nSPS) is 14.2. The van der Waals surface area contributed by atoms with E-state index in [1.807, 2.05) is 0 Å². The SMILES string of the molecule is CC[n+]1c(/C=C/c2ccc3c(c2)CCCN3C)ccc2ccccc21. The van der Waals surface area contributed by atoms with Gasteiger partial charge in [0.05, 0.1) is 0 Å². The van der Waals surface area contributed by atoms with Gasteiger partial charge in [-0.25, -0.2) is 0 Å². The smallest absolute Gasteiger partial charge is 0.212 e. The van der Waals surface area contributed by atoms with Crippen molar-refractivity contribution in [2.24, 2.45) is 0 Å². The fraction of sp³-hybridized carbons (Fsp3) is 0.261. The lowest BCUT2D eigenvalue weighted by atomic mass is 9.99. The maximum Gasteiger partial charge on any atom is 0.212 e. The molecule has 3 aromatic rings. The van der Waals surface area contributed by atoms with Crippen LogP contribution in [0.3, 0.4) is 0 Å². The van der Waals surface area contributed by atoms with Crippen molar-refractivity contribution in [3.8, 4) is 0 Å². The molecule has 0 saturated carbocycles. The molecule has 2 heterocycles. The Bertz CT molecular complexity index is 940. The van der Waals surface area contributed by atoms with E-state index in [0.717, 1.165) is 13.1 Å². The van der Waals surface area contributed by atoms with Gasteiger partial charge in [0.25, 0.3) is 0 Å². The first-order valence-corrected chi connectivity index (χ1v) is 9.20. The van der Waals surface area contributed by atoms with Gasteiger partial charge in [0.15, 0.2) is 0 Å². The van der Waals surface area contributed by atoms with Gasteiger partial charge in [0.1, 0.15) is 6.54 Å². The highest BCUT2D eigenvalue weighted by Crippen LogP contribution is 2.27. The molecule has 0 fully saturated rings. The predicted octanol–water partition coefficient (Wildman–Crippen LogP) is 4.70. The Morgan fingerprint density at radius 2 is 1.92 bits per heavy atom. The lowest BCUT2D eigenvalue weighted by Crippen LogP contribution is -2.36. The largest absolute Gasteiger partial charge is 0.374 e. The van der Waals surface area contributed by atoms with Crippen molar-refractivity contribution in [3.05, 3.63) is 71.4 Å². The molecule has 1 aliphatic heterocycles. The topological polar surface area (TPSA) is 7.12 Å². The molecule has 0 bridgehead atoms. The molecular formula is C23H25N2+. The first-order valence-electron chi connectivity index (χ1n) is 9.20. The minimum atomic E-state index is 0.968. The molecule has 25 heavy (non-hydrogen) atoms. The molecule has 126 valence electrons. The molecule has 2 aromatic carbocycles. The number of nitrogens with zero attached hydrogens (tertiary/aromatic N) is 2. The standard InChI is InChI=1S/C23H25N2/c1-3-25-21(14-12-19-7-4-5-9-23(19)25)13-10-18-11-15-22-20(17-18)8-6-16-24(22)2/h4-5,7,9-15,17H,3,6,8,16H2,1-2H3/q+1. The second-order valence-corrected chi connectivity index (χ2v) is 6.81. The molecule has 1 aliphatic rings. The van der Waals surface area contributed by atoms with Gasteiger partial charge in [-0.2, -0.15) is 4.57 Å². The van der Waals surface area contributed by atoms with Crippen LogP contribution in [0, 0.1) is 0 Å². The number of hydrogen-bond acceptors (Lipinski definition) is 1. The molecule has 4 rings (SSSR count). The number of fused-ring (bicyclic) bond motifs is 2. The maximum atomic E-state index is 2.37. The maximum absolute atomic E-state index is 2.37. The number of para-hydroxylation sites is 1. The van der Waals surface area contributed by atoms with Gasteiger partial charge in [0, 0.05) is 42.9 Å². The summed E-state index contributed by atoms with van der Waals surface area (Å²) < 4.78 is 2.37. The zero-order valence-corrected chi connectivity index (χ0v) is 15.1. The Balaban J connectivity index is 1.69. The molecule has 2 heteroatoms. The average Bonchev–Trinajstić information content (AvgIpc) is 2.66. The second-order valence-electron chi connectivity index (χ2n) is 6.81. The van der Waals surface area contributed by atoms with E-state index in [4.69, 9.17) is 0 Å². The molecule has 0 unspecified atom stereocenters. The first-order chi connectivity index (χ1) is 12.3. The third kappa shape index (κ3) is 3.05. The van der Waals surface area contributed by atoms with Gasteiger partial charge in [-0.05, 0) is 61.2 Å². The number of anilines is 1. The predicted molar refractivity (Wildman–Crippen MR) is 107 cm³/mol. The van der Waals surface area contributed by atoms with E-state index in [1.54, 1.807) is 0 Å². The molecule has 2 nitrogen and oxygen atoms in total. The fourth-order valence-electron chi connectivity index (χ4n) is 3.87. The zero-order chi connectivity index (χ0) is 17.2. The van der Waals surface area contributed by atoms with Crippen molar-refractivity contribution < 1.29 is 4.57 Å². The monoisotopic (exact) mass is 329 g/mol. The number of aryl methyl sites for hydroxylation is 2. The summed E-state index contributed by atoms with van der Waals surface area (Å²) >= 11 is 0. The quantitative estimate of drug-likeness (QED) is 0.632. The third-order valence-electron chi connectivity index (χ3n) is 5.19. The van der Waals surface area contributed by atoms with Crippen LogP contribution >= 0.6 is 0 Å². The van der Waals surface area contributed by atoms with Gasteiger partial charge in [-0.3, -0.25) is 0 Å². The van der Waals surface area contributed by atoms with Crippen molar-refractivity contribution in [1.29, 1.82) is 0 Å². The number of rotatable bonds is 3. The van der Waals surface area contributed by atoms with Crippen LogP contribution < -0.4 is 9.47 Å². The van der Waals surface area contributed by atoms with Gasteiger partial charge in [-0.1, -0.05) is 18.2 Å². The Labute approximate surface area is 150 Å². The second kappa shape index (κ2) is 6.72. The zero-order valence-electron chi connectivity index (χ0n) is 15.1.